The van der Waals surface area contributed by atoms with E-state index in [2.05, 4.69) is 23.9 Å². The van der Waals surface area contributed by atoms with Gasteiger partial charge in [0.2, 0.25) is 0 Å². The third kappa shape index (κ3) is 10.9. The number of nitrogens with zero attached hydrogens (tertiary/aromatic N) is 3. The molecule has 0 bridgehead atoms. The number of carbonyl (C=O) groups is 3. The summed E-state index contributed by atoms with van der Waals surface area (Å²) in [6.45, 7) is 5.85. The predicted molar refractivity (Wildman–Crippen MR) is 116 cm³/mol. The van der Waals surface area contributed by atoms with Crippen molar-refractivity contribution < 1.29 is 55.3 Å². The van der Waals surface area contributed by atoms with Gasteiger partial charge in [-0.2, -0.15) is 26.3 Å². The van der Waals surface area contributed by atoms with Crippen LogP contribution in [0.1, 0.15) is 16.8 Å². The number of rotatable bonds is 4. The molecule has 2 atom stereocenters. The van der Waals surface area contributed by atoms with Crippen LogP contribution in [0.25, 0.3) is 0 Å². The number of benzene rings is 1. The third-order valence-electron chi connectivity index (χ3n) is 5.63. The molecule has 8 nitrogen and oxygen atoms in total. The van der Waals surface area contributed by atoms with Gasteiger partial charge in [-0.05, 0) is 51.0 Å². The van der Waals surface area contributed by atoms with Gasteiger partial charge in [0.15, 0.2) is 0 Å². The van der Waals surface area contributed by atoms with Crippen molar-refractivity contribution >= 4 is 17.8 Å². The molecule has 15 heteroatoms. The Morgan fingerprint density at radius 1 is 0.919 bits per heavy atom. The van der Waals surface area contributed by atoms with E-state index in [1.165, 1.54) is 6.07 Å². The van der Waals surface area contributed by atoms with Gasteiger partial charge in [-0.25, -0.2) is 14.0 Å². The minimum Gasteiger partial charge on any atom is -0.475 e. The van der Waals surface area contributed by atoms with Crippen LogP contribution in [-0.2, 0) is 9.59 Å². The maximum absolute atomic E-state index is 13.8. The molecule has 37 heavy (non-hydrogen) atoms. The second-order valence-corrected chi connectivity index (χ2v) is 8.71. The molecule has 2 saturated heterocycles. The van der Waals surface area contributed by atoms with Crippen molar-refractivity contribution in [3.63, 3.8) is 0 Å². The van der Waals surface area contributed by atoms with Gasteiger partial charge in [0.25, 0.3) is 5.91 Å². The van der Waals surface area contributed by atoms with Crippen LogP contribution in [0.15, 0.2) is 24.3 Å². The highest BCUT2D eigenvalue weighted by atomic mass is 19.4. The van der Waals surface area contributed by atoms with Crippen molar-refractivity contribution in [1.29, 1.82) is 0 Å². The van der Waals surface area contributed by atoms with E-state index >= 15 is 0 Å². The molecule has 2 aliphatic heterocycles. The lowest BCUT2D eigenvalue weighted by Gasteiger charge is -2.34. The van der Waals surface area contributed by atoms with E-state index in [-0.39, 0.29) is 11.5 Å². The van der Waals surface area contributed by atoms with Gasteiger partial charge >= 0.3 is 24.3 Å². The highest BCUT2D eigenvalue weighted by molar-refractivity contribution is 5.94. The number of fused-ring (bicyclic) bond motifs is 1. The largest absolute Gasteiger partial charge is 0.490 e. The number of likely N-dealkylation sites (N-methyl/N-ethyl adjacent to an activating group) is 1. The monoisotopic (exact) mass is 547 g/mol. The van der Waals surface area contributed by atoms with Crippen molar-refractivity contribution in [2.75, 3.05) is 53.4 Å². The normalized spacial score (nSPS) is 19.8. The number of hydrogen-bond acceptors (Lipinski definition) is 5. The number of carboxylic acids is 2. The molecule has 0 aromatic heterocycles. The molecule has 1 aromatic carbocycles. The lowest BCUT2D eigenvalue weighted by molar-refractivity contribution is -0.193. The van der Waals surface area contributed by atoms with Crippen LogP contribution in [-0.4, -0.2) is 108 Å². The fourth-order valence-corrected chi connectivity index (χ4v) is 3.76. The van der Waals surface area contributed by atoms with Crippen molar-refractivity contribution in [3.05, 3.63) is 35.6 Å². The van der Waals surface area contributed by atoms with Crippen LogP contribution in [0.2, 0.25) is 0 Å². The predicted octanol–water partition coefficient (Wildman–Crippen LogP) is 3.05. The Morgan fingerprint density at radius 2 is 1.41 bits per heavy atom. The fourth-order valence-electron chi connectivity index (χ4n) is 3.76. The molecule has 2 heterocycles. The summed E-state index contributed by atoms with van der Waals surface area (Å²) < 4.78 is 77.3. The van der Waals surface area contributed by atoms with Crippen LogP contribution in [0, 0.1) is 17.7 Å². The third-order valence-corrected chi connectivity index (χ3v) is 5.63. The average Bonchev–Trinajstić information content (AvgIpc) is 3.20. The Kier molecular flexibility index (Phi) is 11.8. The molecule has 0 unspecified atom stereocenters. The van der Waals surface area contributed by atoms with Crippen molar-refractivity contribution in [1.82, 2.24) is 14.7 Å². The summed E-state index contributed by atoms with van der Waals surface area (Å²) in [5, 5.41) is 14.2. The first kappa shape index (κ1) is 32.1. The second kappa shape index (κ2) is 13.6. The van der Waals surface area contributed by atoms with Crippen molar-refractivity contribution in [3.8, 4) is 0 Å². The molecule has 0 spiro atoms. The standard InChI is InChI=1S/C18H26FN3O.2C2HF3O2/c1-20(2)9-10-21-8-7-14-12-22(13-15(14)11-21)18(23)16-5-3-4-6-17(16)19;2*3-2(4,5)1(6)7/h3-6,14-15H,7-13H2,1-2H3;2*(H,6,7)/t14-,15+;;/m0../s1. The number of amides is 1. The van der Waals surface area contributed by atoms with E-state index in [9.17, 15) is 35.5 Å². The molecule has 0 saturated carbocycles. The van der Waals surface area contributed by atoms with Gasteiger partial charge in [0.05, 0.1) is 5.56 Å². The lowest BCUT2D eigenvalue weighted by Crippen LogP contribution is -2.42. The Bertz CT molecular complexity index is 901. The summed E-state index contributed by atoms with van der Waals surface area (Å²) >= 11 is 0. The molecule has 0 aliphatic carbocycles. The van der Waals surface area contributed by atoms with Gasteiger partial charge in [-0.3, -0.25) is 4.79 Å². The van der Waals surface area contributed by atoms with Crippen molar-refractivity contribution in [2.24, 2.45) is 11.8 Å². The van der Waals surface area contributed by atoms with Gasteiger partial charge < -0.3 is 24.9 Å². The number of carboxylic acid groups (broad SMARTS) is 2. The number of aliphatic carboxylic acids is 2. The first-order valence-electron chi connectivity index (χ1n) is 10.9. The van der Waals surface area contributed by atoms with Gasteiger partial charge in [0, 0.05) is 32.7 Å². The molecule has 1 amide bonds. The smallest absolute Gasteiger partial charge is 0.475 e. The summed E-state index contributed by atoms with van der Waals surface area (Å²) in [5.74, 6) is -4.99. The van der Waals surface area contributed by atoms with Crippen LogP contribution >= 0.6 is 0 Å². The summed E-state index contributed by atoms with van der Waals surface area (Å²) in [7, 11) is 4.19. The maximum Gasteiger partial charge on any atom is 0.490 e. The van der Waals surface area contributed by atoms with Crippen LogP contribution in [0.3, 0.4) is 0 Å². The van der Waals surface area contributed by atoms with Crippen LogP contribution in [0.5, 0.6) is 0 Å². The zero-order valence-electron chi connectivity index (χ0n) is 20.0. The zero-order chi connectivity index (χ0) is 28.6. The fraction of sp³-hybridized carbons (Fsp3) is 0.591. The van der Waals surface area contributed by atoms with Crippen molar-refractivity contribution in [2.45, 2.75) is 18.8 Å². The Labute approximate surface area is 208 Å². The maximum atomic E-state index is 13.8. The molecule has 0 radical (unpaired) electrons. The van der Waals surface area contributed by atoms with Gasteiger partial charge in [0.1, 0.15) is 5.82 Å². The molecular formula is C22H28F7N3O5. The highest BCUT2D eigenvalue weighted by Crippen LogP contribution is 2.32. The topological polar surface area (TPSA) is 101 Å². The number of likely N-dealkylation sites (tertiary alicyclic amines) is 2. The Morgan fingerprint density at radius 3 is 1.86 bits per heavy atom. The summed E-state index contributed by atoms with van der Waals surface area (Å²) in [6, 6.07) is 6.29. The minimum absolute atomic E-state index is 0.155. The van der Waals surface area contributed by atoms with Gasteiger partial charge in [-0.15, -0.1) is 0 Å². The quantitative estimate of drug-likeness (QED) is 0.559. The van der Waals surface area contributed by atoms with Crippen LogP contribution in [0.4, 0.5) is 30.7 Å². The first-order chi connectivity index (χ1) is 16.9. The van der Waals surface area contributed by atoms with E-state index in [1.807, 2.05) is 4.90 Å². The average molecular weight is 547 g/mol. The number of hydrogen-bond donors (Lipinski definition) is 2. The van der Waals surface area contributed by atoms with E-state index in [4.69, 9.17) is 19.8 Å². The number of halogens is 7. The lowest BCUT2D eigenvalue weighted by atomic mass is 9.89. The first-order valence-corrected chi connectivity index (χ1v) is 10.9. The molecule has 2 aliphatic rings. The molecule has 3 rings (SSSR count). The second-order valence-electron chi connectivity index (χ2n) is 8.71. The minimum atomic E-state index is -5.08. The van der Waals surface area contributed by atoms with E-state index in [1.54, 1.807) is 18.2 Å². The number of carbonyl (C=O) groups excluding carboxylic acids is 1. The number of alkyl halides is 6. The van der Waals surface area contributed by atoms with E-state index in [0.29, 0.717) is 11.8 Å². The van der Waals surface area contributed by atoms with Crippen LogP contribution < -0.4 is 0 Å². The summed E-state index contributed by atoms with van der Waals surface area (Å²) in [4.78, 5) is 36.9. The van der Waals surface area contributed by atoms with E-state index in [0.717, 1.165) is 45.7 Å². The SMILES string of the molecule is CN(C)CCN1CC[C@H]2CN(C(=O)c3ccccc3F)C[C@H]2C1.O=C(O)C(F)(F)F.O=C(O)C(F)(F)F. The molecule has 1 aromatic rings. The molecule has 2 N–H and O–H groups in total. The number of piperidine rings is 1. The molecule has 2 fully saturated rings. The molecular weight excluding hydrogens is 519 g/mol. The summed E-state index contributed by atoms with van der Waals surface area (Å²) in [6.07, 6.45) is -9.03. The Balaban J connectivity index is 0.000000404. The zero-order valence-corrected chi connectivity index (χ0v) is 20.0. The van der Waals surface area contributed by atoms with Gasteiger partial charge in [-0.1, -0.05) is 12.1 Å². The summed E-state index contributed by atoms with van der Waals surface area (Å²) in [5.41, 5.74) is 0.204. The Hall–Kier alpha value is -2.94. The van der Waals surface area contributed by atoms with E-state index < -0.39 is 30.1 Å². The molecule has 210 valence electrons. The highest BCUT2D eigenvalue weighted by Gasteiger charge is 2.40.